The number of anilines is 1. The van der Waals surface area contributed by atoms with Crippen molar-refractivity contribution in [2.24, 2.45) is 0 Å². The molecule has 0 radical (unpaired) electrons. The van der Waals surface area contributed by atoms with Crippen molar-refractivity contribution in [3.63, 3.8) is 0 Å². The Bertz CT molecular complexity index is 1650. The van der Waals surface area contributed by atoms with Crippen LogP contribution in [0.1, 0.15) is 71.6 Å². The van der Waals surface area contributed by atoms with Crippen molar-refractivity contribution < 1.29 is 19.5 Å². The van der Waals surface area contributed by atoms with E-state index in [2.05, 4.69) is 30.7 Å². The number of aliphatic hydroxyl groups is 1. The minimum atomic E-state index is -0.942. The molecule has 1 aliphatic heterocycles. The number of aliphatic hydroxyl groups excluding tert-OH is 1. The highest BCUT2D eigenvalue weighted by Gasteiger charge is 2.49. The second kappa shape index (κ2) is 9.02. The van der Waals surface area contributed by atoms with Crippen LogP contribution < -0.4 is 4.90 Å². The van der Waals surface area contributed by atoms with Gasteiger partial charge in [-0.1, -0.05) is 62.4 Å². The maximum Gasteiger partial charge on any atom is 0.301 e. The number of pyridine rings is 1. The predicted octanol–water partition coefficient (Wildman–Crippen LogP) is 5.53. The van der Waals surface area contributed by atoms with Crippen molar-refractivity contribution >= 4 is 45.3 Å². The Hall–Kier alpha value is -4.11. The molecule has 8 nitrogen and oxygen atoms in total. The second-order valence-corrected chi connectivity index (χ2v) is 11.5. The van der Waals surface area contributed by atoms with Crippen LogP contribution in [0.5, 0.6) is 0 Å². The lowest BCUT2D eigenvalue weighted by Crippen LogP contribution is -2.29. The maximum atomic E-state index is 13.6. The van der Waals surface area contributed by atoms with Crippen LogP contribution in [-0.2, 0) is 15.0 Å². The minimum absolute atomic E-state index is 0.0514. The molecule has 1 aliphatic rings. The fraction of sp³-hybridized carbons (Fsp3) is 0.276. The fourth-order valence-electron chi connectivity index (χ4n) is 4.85. The van der Waals surface area contributed by atoms with Crippen LogP contribution in [0.2, 0.25) is 0 Å². The SMILES string of the molecule is CC(=O)c1sc(N2C(=O)C(=O)/C(=C(/O)c3c(C)nc4ccccn34)C2c2ccc(C(C)(C)C)cc2)nc1C. The van der Waals surface area contributed by atoms with Crippen LogP contribution in [0.15, 0.2) is 54.2 Å². The highest BCUT2D eigenvalue weighted by molar-refractivity contribution is 7.18. The zero-order valence-electron chi connectivity index (χ0n) is 22.1. The minimum Gasteiger partial charge on any atom is -0.505 e. The number of nitrogens with zero attached hydrogens (tertiary/aromatic N) is 4. The Labute approximate surface area is 224 Å². The number of rotatable bonds is 4. The molecule has 1 N–H and O–H groups in total. The lowest BCUT2D eigenvalue weighted by molar-refractivity contribution is -0.132. The number of thiazole rings is 1. The van der Waals surface area contributed by atoms with E-state index in [-0.39, 0.29) is 27.7 Å². The molecule has 9 heteroatoms. The molecule has 1 unspecified atom stereocenters. The van der Waals surface area contributed by atoms with Gasteiger partial charge in [-0.15, -0.1) is 0 Å². The summed E-state index contributed by atoms with van der Waals surface area (Å²) in [5.74, 6) is -2.12. The molecule has 4 aromatic rings. The average Bonchev–Trinajstić information content (AvgIpc) is 3.49. The second-order valence-electron chi connectivity index (χ2n) is 10.5. The van der Waals surface area contributed by atoms with Crippen LogP contribution in [-0.4, -0.2) is 36.9 Å². The summed E-state index contributed by atoms with van der Waals surface area (Å²) in [6.45, 7) is 11.2. The van der Waals surface area contributed by atoms with Crippen LogP contribution in [0.3, 0.4) is 0 Å². The lowest BCUT2D eigenvalue weighted by Gasteiger charge is -2.24. The third-order valence-electron chi connectivity index (χ3n) is 6.78. The molecule has 4 heterocycles. The number of carbonyl (C=O) groups excluding carboxylic acids is 3. The molecular formula is C29H28N4O4S. The van der Waals surface area contributed by atoms with Crippen LogP contribution in [0.4, 0.5) is 5.13 Å². The number of aryl methyl sites for hydroxylation is 2. The van der Waals surface area contributed by atoms with Gasteiger partial charge in [-0.25, -0.2) is 9.97 Å². The van der Waals surface area contributed by atoms with Gasteiger partial charge in [0.2, 0.25) is 0 Å². The first-order valence-corrected chi connectivity index (χ1v) is 13.1. The number of ketones is 2. The molecule has 0 spiro atoms. The molecule has 0 bridgehead atoms. The average molecular weight is 529 g/mol. The molecule has 5 rings (SSSR count). The Morgan fingerprint density at radius 3 is 2.29 bits per heavy atom. The number of Topliss-reactive ketones (excluding diaryl/α,β-unsaturated/α-hetero) is 2. The highest BCUT2D eigenvalue weighted by Crippen LogP contribution is 2.44. The number of fused-ring (bicyclic) bond motifs is 1. The molecule has 1 atom stereocenters. The highest BCUT2D eigenvalue weighted by atomic mass is 32.1. The van der Waals surface area contributed by atoms with E-state index in [9.17, 15) is 19.5 Å². The monoisotopic (exact) mass is 528 g/mol. The van der Waals surface area contributed by atoms with Gasteiger partial charge in [-0.2, -0.15) is 0 Å². The molecule has 1 fully saturated rings. The van der Waals surface area contributed by atoms with E-state index in [1.54, 1.807) is 36.6 Å². The van der Waals surface area contributed by atoms with Crippen LogP contribution in [0, 0.1) is 13.8 Å². The van der Waals surface area contributed by atoms with Crippen molar-refractivity contribution in [1.82, 2.24) is 14.4 Å². The van der Waals surface area contributed by atoms with Gasteiger partial charge in [0, 0.05) is 13.1 Å². The summed E-state index contributed by atoms with van der Waals surface area (Å²) in [4.78, 5) is 50.0. The van der Waals surface area contributed by atoms with E-state index in [0.717, 1.165) is 16.9 Å². The molecule has 0 saturated carbocycles. The summed E-state index contributed by atoms with van der Waals surface area (Å²) < 4.78 is 1.69. The van der Waals surface area contributed by atoms with Gasteiger partial charge in [0.05, 0.1) is 27.9 Å². The molecule has 1 aromatic carbocycles. The Balaban J connectivity index is 1.77. The Morgan fingerprint density at radius 2 is 1.68 bits per heavy atom. The van der Waals surface area contributed by atoms with Gasteiger partial charge < -0.3 is 5.11 Å². The van der Waals surface area contributed by atoms with Crippen LogP contribution in [0.25, 0.3) is 11.4 Å². The largest absolute Gasteiger partial charge is 0.505 e. The third kappa shape index (κ3) is 4.03. The predicted molar refractivity (Wildman–Crippen MR) is 147 cm³/mol. The molecular weight excluding hydrogens is 500 g/mol. The van der Waals surface area contributed by atoms with E-state index in [0.29, 0.717) is 33.2 Å². The van der Waals surface area contributed by atoms with Crippen molar-refractivity contribution in [1.29, 1.82) is 0 Å². The fourth-order valence-corrected chi connectivity index (χ4v) is 5.84. The molecule has 194 valence electrons. The first-order chi connectivity index (χ1) is 17.9. The zero-order valence-corrected chi connectivity index (χ0v) is 22.9. The first-order valence-electron chi connectivity index (χ1n) is 12.2. The van der Waals surface area contributed by atoms with E-state index < -0.39 is 17.7 Å². The van der Waals surface area contributed by atoms with Gasteiger partial charge in [0.25, 0.3) is 5.78 Å². The zero-order chi connectivity index (χ0) is 27.5. The van der Waals surface area contributed by atoms with E-state index in [4.69, 9.17) is 0 Å². The van der Waals surface area contributed by atoms with Crippen molar-refractivity contribution in [2.45, 2.75) is 53.0 Å². The number of benzene rings is 1. The Morgan fingerprint density at radius 1 is 1.00 bits per heavy atom. The van der Waals surface area contributed by atoms with Gasteiger partial charge in [0.1, 0.15) is 11.3 Å². The summed E-state index contributed by atoms with van der Waals surface area (Å²) in [5, 5.41) is 11.9. The smallest absolute Gasteiger partial charge is 0.301 e. The van der Waals surface area contributed by atoms with Crippen molar-refractivity contribution in [3.8, 4) is 0 Å². The van der Waals surface area contributed by atoms with Gasteiger partial charge in [0.15, 0.2) is 16.7 Å². The third-order valence-corrected chi connectivity index (χ3v) is 8.03. The van der Waals surface area contributed by atoms with Gasteiger partial charge in [-0.05, 0) is 42.5 Å². The first kappa shape index (κ1) is 25.5. The maximum absolute atomic E-state index is 13.6. The number of carbonyl (C=O) groups is 3. The molecule has 1 saturated heterocycles. The summed E-state index contributed by atoms with van der Waals surface area (Å²) >= 11 is 1.06. The van der Waals surface area contributed by atoms with E-state index in [1.807, 2.05) is 30.3 Å². The summed E-state index contributed by atoms with van der Waals surface area (Å²) in [5.41, 5.74) is 3.52. The number of aromatic nitrogens is 3. The topological polar surface area (TPSA) is 105 Å². The molecule has 38 heavy (non-hydrogen) atoms. The summed E-state index contributed by atoms with van der Waals surface area (Å²) in [6.07, 6.45) is 1.75. The van der Waals surface area contributed by atoms with Crippen molar-refractivity contribution in [3.05, 3.63) is 87.3 Å². The van der Waals surface area contributed by atoms with E-state index in [1.165, 1.54) is 11.8 Å². The van der Waals surface area contributed by atoms with Crippen LogP contribution >= 0.6 is 11.3 Å². The summed E-state index contributed by atoms with van der Waals surface area (Å²) in [6, 6.07) is 12.1. The Kier molecular flexibility index (Phi) is 6.06. The molecule has 1 amide bonds. The molecule has 3 aromatic heterocycles. The van der Waals surface area contributed by atoms with Crippen molar-refractivity contribution in [2.75, 3.05) is 4.90 Å². The van der Waals surface area contributed by atoms with Gasteiger partial charge >= 0.3 is 5.91 Å². The quantitative estimate of drug-likeness (QED) is 0.162. The lowest BCUT2D eigenvalue weighted by atomic mass is 9.85. The molecule has 0 aliphatic carbocycles. The van der Waals surface area contributed by atoms with E-state index >= 15 is 0 Å². The van der Waals surface area contributed by atoms with Gasteiger partial charge in [-0.3, -0.25) is 23.7 Å². The number of imidazole rings is 1. The normalized spacial score (nSPS) is 17.5. The standard InChI is InChI=1S/C29H28N4O4S/c1-15-22(32-14-8-7-9-20(32)30-15)24(35)21-23(18-10-12-19(13-11-18)29(4,5)6)33(27(37)25(21)36)28-31-16(2)26(38-28)17(3)34/h7-14,23,35H,1-6H3/b24-21+. The number of hydrogen-bond acceptors (Lipinski definition) is 7. The number of hydrogen-bond donors (Lipinski definition) is 1. The summed E-state index contributed by atoms with van der Waals surface area (Å²) in [7, 11) is 0. The number of amides is 1.